The maximum absolute atomic E-state index is 12.0. The zero-order valence-electron chi connectivity index (χ0n) is 11.8. The molecule has 2 N–H and O–H groups in total. The first-order valence-electron chi connectivity index (χ1n) is 6.68. The van der Waals surface area contributed by atoms with E-state index in [0.29, 0.717) is 18.1 Å². The van der Waals surface area contributed by atoms with Crippen LogP contribution in [-0.2, 0) is 0 Å². The molecule has 20 heavy (non-hydrogen) atoms. The van der Waals surface area contributed by atoms with Gasteiger partial charge in [0.05, 0.1) is 0 Å². The SMILES string of the molecule is CNc1cccc(C(=O)NCC(C)c2ccccc2)n1. The molecule has 0 spiro atoms. The van der Waals surface area contributed by atoms with Crippen molar-refractivity contribution < 1.29 is 4.79 Å². The Labute approximate surface area is 119 Å². The van der Waals surface area contributed by atoms with E-state index >= 15 is 0 Å². The molecule has 0 aliphatic heterocycles. The molecule has 0 fully saturated rings. The summed E-state index contributed by atoms with van der Waals surface area (Å²) in [5, 5.41) is 5.84. The van der Waals surface area contributed by atoms with Gasteiger partial charge in [-0.15, -0.1) is 0 Å². The van der Waals surface area contributed by atoms with Crippen molar-refractivity contribution in [1.29, 1.82) is 0 Å². The maximum Gasteiger partial charge on any atom is 0.269 e. The molecule has 2 aromatic rings. The zero-order valence-corrected chi connectivity index (χ0v) is 11.8. The van der Waals surface area contributed by atoms with E-state index in [4.69, 9.17) is 0 Å². The molecule has 1 aromatic heterocycles. The maximum atomic E-state index is 12.0. The van der Waals surface area contributed by atoms with Gasteiger partial charge in [0.15, 0.2) is 0 Å². The van der Waals surface area contributed by atoms with Crippen molar-refractivity contribution in [3.05, 3.63) is 59.8 Å². The highest BCUT2D eigenvalue weighted by Gasteiger charge is 2.10. The van der Waals surface area contributed by atoms with Gasteiger partial charge < -0.3 is 10.6 Å². The molecule has 2 rings (SSSR count). The zero-order chi connectivity index (χ0) is 14.4. The number of amides is 1. The molecule has 1 amide bonds. The van der Waals surface area contributed by atoms with Crippen LogP contribution >= 0.6 is 0 Å². The van der Waals surface area contributed by atoms with E-state index in [9.17, 15) is 4.79 Å². The van der Waals surface area contributed by atoms with Crippen molar-refractivity contribution in [2.75, 3.05) is 18.9 Å². The second kappa shape index (κ2) is 6.70. The third kappa shape index (κ3) is 3.57. The van der Waals surface area contributed by atoms with Crippen molar-refractivity contribution in [2.45, 2.75) is 12.8 Å². The number of carbonyl (C=O) groups is 1. The monoisotopic (exact) mass is 269 g/mol. The summed E-state index contributed by atoms with van der Waals surface area (Å²) in [6.07, 6.45) is 0. The molecule has 0 saturated carbocycles. The largest absolute Gasteiger partial charge is 0.373 e. The van der Waals surface area contributed by atoms with Crippen molar-refractivity contribution in [2.24, 2.45) is 0 Å². The van der Waals surface area contributed by atoms with Crippen LogP contribution in [0.2, 0.25) is 0 Å². The van der Waals surface area contributed by atoms with Crippen LogP contribution in [0.3, 0.4) is 0 Å². The molecule has 0 bridgehead atoms. The minimum absolute atomic E-state index is 0.148. The van der Waals surface area contributed by atoms with Crippen LogP contribution in [0, 0.1) is 0 Å². The highest BCUT2D eigenvalue weighted by Crippen LogP contribution is 2.13. The summed E-state index contributed by atoms with van der Waals surface area (Å²) in [4.78, 5) is 16.3. The van der Waals surface area contributed by atoms with Crippen molar-refractivity contribution >= 4 is 11.7 Å². The molecule has 4 nitrogen and oxygen atoms in total. The summed E-state index contributed by atoms with van der Waals surface area (Å²) in [6.45, 7) is 2.68. The summed E-state index contributed by atoms with van der Waals surface area (Å²) in [7, 11) is 1.78. The molecule has 4 heteroatoms. The normalized spacial score (nSPS) is 11.7. The van der Waals surface area contributed by atoms with Gasteiger partial charge in [-0.25, -0.2) is 4.98 Å². The Bertz CT molecular complexity index is 569. The van der Waals surface area contributed by atoms with E-state index in [1.165, 1.54) is 5.56 Å². The first-order valence-corrected chi connectivity index (χ1v) is 6.68. The highest BCUT2D eigenvalue weighted by atomic mass is 16.1. The van der Waals surface area contributed by atoms with Crippen molar-refractivity contribution in [3.63, 3.8) is 0 Å². The van der Waals surface area contributed by atoms with E-state index < -0.39 is 0 Å². The van der Waals surface area contributed by atoms with Crippen LogP contribution in [0.4, 0.5) is 5.82 Å². The fourth-order valence-corrected chi connectivity index (χ4v) is 1.94. The summed E-state index contributed by atoms with van der Waals surface area (Å²) >= 11 is 0. The third-order valence-electron chi connectivity index (χ3n) is 3.18. The Morgan fingerprint density at radius 2 is 1.90 bits per heavy atom. The van der Waals surface area contributed by atoms with E-state index in [0.717, 1.165) is 0 Å². The lowest BCUT2D eigenvalue weighted by atomic mass is 10.0. The Hall–Kier alpha value is -2.36. The van der Waals surface area contributed by atoms with Gasteiger partial charge >= 0.3 is 0 Å². The quantitative estimate of drug-likeness (QED) is 0.877. The molecule has 0 aliphatic rings. The number of hydrogen-bond acceptors (Lipinski definition) is 3. The molecule has 1 heterocycles. The summed E-state index contributed by atoms with van der Waals surface area (Å²) in [5.41, 5.74) is 1.64. The Morgan fingerprint density at radius 1 is 1.15 bits per heavy atom. The number of carbonyl (C=O) groups excluding carboxylic acids is 1. The van der Waals surface area contributed by atoms with E-state index in [2.05, 4.69) is 34.7 Å². The lowest BCUT2D eigenvalue weighted by molar-refractivity contribution is 0.0947. The third-order valence-corrected chi connectivity index (χ3v) is 3.18. The van der Waals surface area contributed by atoms with Crippen LogP contribution < -0.4 is 10.6 Å². The highest BCUT2D eigenvalue weighted by molar-refractivity contribution is 5.92. The van der Waals surface area contributed by atoms with Gasteiger partial charge in [0.1, 0.15) is 11.5 Å². The number of rotatable bonds is 5. The van der Waals surface area contributed by atoms with Crippen LogP contribution in [0.1, 0.15) is 28.9 Å². The van der Waals surface area contributed by atoms with Crippen LogP contribution in [0.5, 0.6) is 0 Å². The lowest BCUT2D eigenvalue weighted by Crippen LogP contribution is -2.28. The first kappa shape index (κ1) is 14.1. The minimum Gasteiger partial charge on any atom is -0.373 e. The topological polar surface area (TPSA) is 54.0 Å². The van der Waals surface area contributed by atoms with Crippen molar-refractivity contribution in [1.82, 2.24) is 10.3 Å². The number of aromatic nitrogens is 1. The van der Waals surface area contributed by atoms with Gasteiger partial charge in [0, 0.05) is 13.6 Å². The van der Waals surface area contributed by atoms with E-state index in [-0.39, 0.29) is 11.8 Å². The van der Waals surface area contributed by atoms with Crippen molar-refractivity contribution in [3.8, 4) is 0 Å². The first-order chi connectivity index (χ1) is 9.70. The molecular formula is C16H19N3O. The van der Waals surface area contributed by atoms with Gasteiger partial charge in [0.2, 0.25) is 0 Å². The van der Waals surface area contributed by atoms with Gasteiger partial charge in [0.25, 0.3) is 5.91 Å². The fourth-order valence-electron chi connectivity index (χ4n) is 1.94. The number of nitrogens with one attached hydrogen (secondary N) is 2. The predicted octanol–water partition coefficient (Wildman–Crippen LogP) is 2.66. The fraction of sp³-hybridized carbons (Fsp3) is 0.250. The standard InChI is InChI=1S/C16H19N3O/c1-12(13-7-4-3-5-8-13)11-18-16(20)14-9-6-10-15(17-2)19-14/h3-10,12H,11H2,1-2H3,(H,17,19)(H,18,20). The number of pyridine rings is 1. The van der Waals surface area contributed by atoms with E-state index in [1.54, 1.807) is 13.1 Å². The Balaban J connectivity index is 1.95. The van der Waals surface area contributed by atoms with Gasteiger partial charge in [-0.2, -0.15) is 0 Å². The molecular weight excluding hydrogens is 250 g/mol. The molecule has 1 atom stereocenters. The average molecular weight is 269 g/mol. The van der Waals surface area contributed by atoms with Crippen LogP contribution in [-0.4, -0.2) is 24.5 Å². The smallest absolute Gasteiger partial charge is 0.269 e. The Kier molecular flexibility index (Phi) is 4.71. The minimum atomic E-state index is -0.148. The number of anilines is 1. The summed E-state index contributed by atoms with van der Waals surface area (Å²) in [6, 6.07) is 15.5. The number of benzene rings is 1. The van der Waals surface area contributed by atoms with Gasteiger partial charge in [-0.3, -0.25) is 4.79 Å². The predicted molar refractivity (Wildman–Crippen MR) is 81.0 cm³/mol. The van der Waals surface area contributed by atoms with Crippen LogP contribution in [0.15, 0.2) is 48.5 Å². The number of hydrogen-bond donors (Lipinski definition) is 2. The Morgan fingerprint density at radius 3 is 2.60 bits per heavy atom. The molecule has 1 aromatic carbocycles. The summed E-state index contributed by atoms with van der Waals surface area (Å²) in [5.74, 6) is 0.811. The average Bonchev–Trinajstić information content (AvgIpc) is 2.53. The molecule has 104 valence electrons. The lowest BCUT2D eigenvalue weighted by Gasteiger charge is -2.13. The van der Waals surface area contributed by atoms with E-state index in [1.807, 2.05) is 30.3 Å². The molecule has 0 radical (unpaired) electrons. The second-order valence-corrected chi connectivity index (χ2v) is 4.68. The second-order valence-electron chi connectivity index (χ2n) is 4.68. The summed E-state index contributed by atoms with van der Waals surface area (Å²) < 4.78 is 0. The van der Waals surface area contributed by atoms with Gasteiger partial charge in [-0.05, 0) is 23.6 Å². The number of nitrogens with zero attached hydrogens (tertiary/aromatic N) is 1. The van der Waals surface area contributed by atoms with Crippen LogP contribution in [0.25, 0.3) is 0 Å². The van der Waals surface area contributed by atoms with Gasteiger partial charge in [-0.1, -0.05) is 43.3 Å². The molecule has 0 aliphatic carbocycles. The molecule has 0 saturated heterocycles. The molecule has 1 unspecified atom stereocenters.